The Bertz CT molecular complexity index is 759. The number of anilines is 1. The minimum atomic E-state index is -0.146. The molecule has 0 saturated heterocycles. The number of nitrogens with zero attached hydrogens (tertiary/aromatic N) is 1. The molecule has 1 aliphatic heterocycles. The van der Waals surface area contributed by atoms with E-state index >= 15 is 0 Å². The first kappa shape index (κ1) is 16.1. The van der Waals surface area contributed by atoms with Gasteiger partial charge in [0.15, 0.2) is 0 Å². The lowest BCUT2D eigenvalue weighted by atomic mass is 10.1. The van der Waals surface area contributed by atoms with E-state index in [2.05, 4.69) is 20.9 Å². The molecule has 3 rings (SSSR count). The monoisotopic (exact) mass is 338 g/mol. The summed E-state index contributed by atoms with van der Waals surface area (Å²) < 4.78 is 0. The molecule has 2 heterocycles. The zero-order valence-electron chi connectivity index (χ0n) is 13.1. The molecule has 1 aromatic carbocycles. The number of thiocarbonyl (C=S) groups is 1. The Hall–Kier alpha value is -2.73. The normalized spacial score (nSPS) is 14.1. The number of rotatable bonds is 5. The summed E-state index contributed by atoms with van der Waals surface area (Å²) in [6, 6.07) is 13.5. The van der Waals surface area contributed by atoms with Crippen molar-refractivity contribution in [2.45, 2.75) is 13.0 Å². The summed E-state index contributed by atoms with van der Waals surface area (Å²) in [7, 11) is 0. The molecule has 1 aromatic heterocycles. The van der Waals surface area contributed by atoms with Crippen molar-refractivity contribution in [1.82, 2.24) is 15.6 Å². The molecule has 2 aromatic rings. The Morgan fingerprint density at radius 3 is 2.67 bits per heavy atom. The molecule has 6 heteroatoms. The van der Waals surface area contributed by atoms with Crippen LogP contribution in [-0.4, -0.2) is 22.4 Å². The van der Waals surface area contributed by atoms with E-state index in [0.717, 1.165) is 23.4 Å². The minimum absolute atomic E-state index is 0.146. The molecule has 0 fully saturated rings. The van der Waals surface area contributed by atoms with Crippen LogP contribution in [0.3, 0.4) is 0 Å². The smallest absolute Gasteiger partial charge is 0.256 e. The highest BCUT2D eigenvalue weighted by molar-refractivity contribution is 7.81. The number of nitrogens with one attached hydrogen (secondary N) is 3. The van der Waals surface area contributed by atoms with Gasteiger partial charge in [0.1, 0.15) is 4.99 Å². The highest BCUT2D eigenvalue weighted by Gasteiger charge is 2.23. The maximum atomic E-state index is 12.3. The van der Waals surface area contributed by atoms with Gasteiger partial charge in [-0.3, -0.25) is 9.78 Å². The molecule has 0 bridgehead atoms. The van der Waals surface area contributed by atoms with E-state index in [1.807, 2.05) is 42.5 Å². The second-order valence-electron chi connectivity index (χ2n) is 5.39. The molecule has 0 saturated carbocycles. The van der Waals surface area contributed by atoms with Crippen LogP contribution >= 0.6 is 12.2 Å². The maximum Gasteiger partial charge on any atom is 0.256 e. The fourth-order valence-electron chi connectivity index (χ4n) is 2.49. The van der Waals surface area contributed by atoms with Crippen LogP contribution in [0.2, 0.25) is 0 Å². The van der Waals surface area contributed by atoms with Crippen LogP contribution in [0.4, 0.5) is 5.69 Å². The molecule has 0 atom stereocenters. The Kier molecular flexibility index (Phi) is 5.18. The van der Waals surface area contributed by atoms with Gasteiger partial charge in [-0.25, -0.2) is 0 Å². The topological polar surface area (TPSA) is 66.0 Å². The van der Waals surface area contributed by atoms with E-state index in [1.165, 1.54) is 0 Å². The summed E-state index contributed by atoms with van der Waals surface area (Å²) in [4.78, 5) is 16.7. The highest BCUT2D eigenvalue weighted by atomic mass is 32.1. The van der Waals surface area contributed by atoms with E-state index < -0.39 is 0 Å². The molecule has 1 amide bonds. The van der Waals surface area contributed by atoms with Gasteiger partial charge in [0, 0.05) is 43.3 Å². The van der Waals surface area contributed by atoms with Crippen LogP contribution in [0.5, 0.6) is 0 Å². The third-order valence-corrected chi connectivity index (χ3v) is 4.01. The van der Waals surface area contributed by atoms with Crippen LogP contribution < -0.4 is 16.0 Å². The van der Waals surface area contributed by atoms with E-state index in [4.69, 9.17) is 12.2 Å². The summed E-state index contributed by atoms with van der Waals surface area (Å²) in [5, 5.41) is 9.33. The van der Waals surface area contributed by atoms with E-state index in [0.29, 0.717) is 23.7 Å². The highest BCUT2D eigenvalue weighted by Crippen LogP contribution is 2.16. The van der Waals surface area contributed by atoms with Crippen molar-refractivity contribution in [2.24, 2.45) is 0 Å². The average Bonchev–Trinajstić information content (AvgIpc) is 2.61. The largest absolute Gasteiger partial charge is 0.383 e. The van der Waals surface area contributed by atoms with Crippen molar-refractivity contribution in [3.8, 4) is 0 Å². The van der Waals surface area contributed by atoms with Gasteiger partial charge in [0.2, 0.25) is 0 Å². The minimum Gasteiger partial charge on any atom is -0.383 e. The van der Waals surface area contributed by atoms with Gasteiger partial charge in [-0.1, -0.05) is 30.4 Å². The number of carbonyl (C=O) groups excluding carboxylic acids is 1. The standard InChI is InChI=1S/C18H18N4OS/c23-17-16(18(24)22-14-4-2-1-3-5-14)15(8-11-20-17)21-12-13-6-9-19-10-7-13/h1-7,9-10,21H,8,11-12H2,(H,20,23)(H,22,24). The number of pyridine rings is 1. The molecule has 24 heavy (non-hydrogen) atoms. The van der Waals surface area contributed by atoms with Crippen molar-refractivity contribution in [3.05, 3.63) is 71.7 Å². The molecule has 122 valence electrons. The lowest BCUT2D eigenvalue weighted by Crippen LogP contribution is -2.39. The van der Waals surface area contributed by atoms with Gasteiger partial charge >= 0.3 is 0 Å². The molecule has 5 nitrogen and oxygen atoms in total. The first-order valence-electron chi connectivity index (χ1n) is 7.74. The lowest BCUT2D eigenvalue weighted by Gasteiger charge is -2.23. The van der Waals surface area contributed by atoms with Gasteiger partial charge < -0.3 is 16.0 Å². The summed E-state index contributed by atoms with van der Waals surface area (Å²) >= 11 is 5.46. The van der Waals surface area contributed by atoms with Crippen LogP contribution in [0.15, 0.2) is 66.1 Å². The molecule has 0 unspecified atom stereocenters. The summed E-state index contributed by atoms with van der Waals surface area (Å²) in [5.74, 6) is -0.146. The fourth-order valence-corrected chi connectivity index (χ4v) is 2.83. The van der Waals surface area contributed by atoms with Gasteiger partial charge in [-0.2, -0.15) is 0 Å². The molecular formula is C18H18N4OS. The fraction of sp³-hybridized carbons (Fsp3) is 0.167. The first-order valence-corrected chi connectivity index (χ1v) is 8.15. The number of amides is 1. The Morgan fingerprint density at radius 2 is 1.92 bits per heavy atom. The van der Waals surface area contributed by atoms with Crippen molar-refractivity contribution < 1.29 is 4.79 Å². The van der Waals surface area contributed by atoms with Crippen molar-refractivity contribution >= 4 is 28.8 Å². The number of carbonyl (C=O) groups is 1. The zero-order valence-corrected chi connectivity index (χ0v) is 13.9. The van der Waals surface area contributed by atoms with Gasteiger partial charge in [-0.15, -0.1) is 0 Å². The number of hydrogen-bond donors (Lipinski definition) is 3. The Balaban J connectivity index is 1.78. The van der Waals surface area contributed by atoms with Crippen molar-refractivity contribution in [3.63, 3.8) is 0 Å². The van der Waals surface area contributed by atoms with E-state index in [1.54, 1.807) is 12.4 Å². The molecule has 1 aliphatic rings. The van der Waals surface area contributed by atoms with Gasteiger partial charge in [-0.05, 0) is 29.8 Å². The molecule has 3 N–H and O–H groups in total. The van der Waals surface area contributed by atoms with Crippen LogP contribution in [0, 0.1) is 0 Å². The second-order valence-corrected chi connectivity index (χ2v) is 5.80. The number of hydrogen-bond acceptors (Lipinski definition) is 4. The molecule has 0 radical (unpaired) electrons. The second kappa shape index (κ2) is 7.70. The third kappa shape index (κ3) is 3.97. The molecule has 0 aliphatic carbocycles. The predicted molar refractivity (Wildman–Crippen MR) is 98.4 cm³/mol. The van der Waals surface area contributed by atoms with Crippen LogP contribution in [-0.2, 0) is 11.3 Å². The third-order valence-electron chi connectivity index (χ3n) is 3.70. The van der Waals surface area contributed by atoms with Gasteiger partial charge in [0.25, 0.3) is 5.91 Å². The summed E-state index contributed by atoms with van der Waals surface area (Å²) in [6.45, 7) is 1.23. The molecule has 0 spiro atoms. The summed E-state index contributed by atoms with van der Waals surface area (Å²) in [5.41, 5.74) is 3.34. The van der Waals surface area contributed by atoms with Crippen LogP contribution in [0.1, 0.15) is 12.0 Å². The number of aromatic nitrogens is 1. The Labute approximate surface area is 146 Å². The summed E-state index contributed by atoms with van der Waals surface area (Å²) in [6.07, 6.45) is 4.23. The lowest BCUT2D eigenvalue weighted by molar-refractivity contribution is -0.117. The van der Waals surface area contributed by atoms with Gasteiger partial charge in [0.05, 0.1) is 5.57 Å². The average molecular weight is 338 g/mol. The first-order chi connectivity index (χ1) is 11.7. The number of para-hydroxylation sites is 1. The van der Waals surface area contributed by atoms with E-state index in [9.17, 15) is 4.79 Å². The van der Waals surface area contributed by atoms with E-state index in [-0.39, 0.29) is 5.91 Å². The number of benzene rings is 1. The van der Waals surface area contributed by atoms with Crippen molar-refractivity contribution in [1.29, 1.82) is 0 Å². The quantitative estimate of drug-likeness (QED) is 0.731. The SMILES string of the molecule is O=C1NCCC(NCc2ccncc2)=C1C(=S)Nc1ccccc1. The predicted octanol–water partition coefficient (Wildman–Crippen LogP) is 2.38. The van der Waals surface area contributed by atoms with Crippen LogP contribution in [0.25, 0.3) is 0 Å². The maximum absolute atomic E-state index is 12.3. The molecular weight excluding hydrogens is 320 g/mol. The van der Waals surface area contributed by atoms with Crippen molar-refractivity contribution in [2.75, 3.05) is 11.9 Å². The zero-order chi connectivity index (χ0) is 16.8. The Morgan fingerprint density at radius 1 is 1.17 bits per heavy atom.